The Kier molecular flexibility index (Phi) is 3.90. The molecule has 0 aromatic carbocycles. The summed E-state index contributed by atoms with van der Waals surface area (Å²) >= 11 is 0. The molecule has 6 heteroatoms. The zero-order valence-corrected chi connectivity index (χ0v) is 15.3. The van der Waals surface area contributed by atoms with Crippen LogP contribution in [0.3, 0.4) is 0 Å². The van der Waals surface area contributed by atoms with Crippen LogP contribution in [0.5, 0.6) is 0 Å². The lowest BCUT2D eigenvalue weighted by Gasteiger charge is -2.49. The molecule has 0 spiro atoms. The van der Waals surface area contributed by atoms with Crippen molar-refractivity contribution < 1.29 is 14.7 Å². The van der Waals surface area contributed by atoms with Gasteiger partial charge in [-0.05, 0) is 37.5 Å². The van der Waals surface area contributed by atoms with Crippen molar-refractivity contribution in [2.75, 3.05) is 13.1 Å². The Bertz CT molecular complexity index is 558. The highest BCUT2D eigenvalue weighted by molar-refractivity contribution is 5.84. The fourth-order valence-electron chi connectivity index (χ4n) is 5.31. The van der Waals surface area contributed by atoms with Crippen molar-refractivity contribution in [2.24, 2.45) is 16.6 Å². The van der Waals surface area contributed by atoms with E-state index in [1.165, 1.54) is 0 Å². The fraction of sp³-hybridized carbons (Fsp3) is 0.889. The predicted molar refractivity (Wildman–Crippen MR) is 91.6 cm³/mol. The lowest BCUT2D eigenvalue weighted by Crippen LogP contribution is -2.63. The minimum Gasteiger partial charge on any atom is -0.465 e. The topological polar surface area (TPSA) is 86.9 Å². The van der Waals surface area contributed by atoms with Crippen LogP contribution in [0.25, 0.3) is 0 Å². The number of carboxylic acid groups (broad SMARTS) is 1. The van der Waals surface area contributed by atoms with Crippen molar-refractivity contribution in [2.45, 2.75) is 77.4 Å². The summed E-state index contributed by atoms with van der Waals surface area (Å²) < 4.78 is 0. The van der Waals surface area contributed by atoms with Crippen LogP contribution in [-0.4, -0.2) is 57.6 Å². The van der Waals surface area contributed by atoms with E-state index in [2.05, 4.69) is 27.7 Å². The van der Waals surface area contributed by atoms with Gasteiger partial charge in [0.05, 0.1) is 17.0 Å². The van der Waals surface area contributed by atoms with Crippen LogP contribution in [0, 0.1) is 10.8 Å². The molecule has 2 heterocycles. The van der Waals surface area contributed by atoms with Gasteiger partial charge in [-0.25, -0.2) is 4.79 Å². The third kappa shape index (κ3) is 2.25. The molecule has 6 nitrogen and oxygen atoms in total. The van der Waals surface area contributed by atoms with E-state index in [1.807, 2.05) is 4.90 Å². The zero-order valence-electron chi connectivity index (χ0n) is 15.3. The van der Waals surface area contributed by atoms with Gasteiger partial charge < -0.3 is 15.7 Å². The Morgan fingerprint density at radius 3 is 2.42 bits per heavy atom. The van der Waals surface area contributed by atoms with Crippen LogP contribution in [0.4, 0.5) is 4.79 Å². The van der Waals surface area contributed by atoms with E-state index >= 15 is 0 Å². The van der Waals surface area contributed by atoms with Gasteiger partial charge in [0, 0.05) is 19.1 Å². The van der Waals surface area contributed by atoms with Crippen molar-refractivity contribution in [1.29, 1.82) is 0 Å². The van der Waals surface area contributed by atoms with E-state index in [1.54, 1.807) is 4.90 Å². The van der Waals surface area contributed by atoms with Gasteiger partial charge in [-0.15, -0.1) is 0 Å². The Balaban J connectivity index is 1.89. The molecule has 24 heavy (non-hydrogen) atoms. The van der Waals surface area contributed by atoms with Crippen LogP contribution in [0.1, 0.15) is 59.8 Å². The number of nitrogens with two attached hydrogens (primary N) is 1. The number of hydrogen-bond donors (Lipinski definition) is 2. The number of rotatable bonds is 2. The van der Waals surface area contributed by atoms with E-state index in [4.69, 9.17) is 5.73 Å². The maximum absolute atomic E-state index is 13.4. The molecule has 0 aromatic rings. The fourth-order valence-corrected chi connectivity index (χ4v) is 5.31. The molecule has 136 valence electrons. The number of amides is 2. The molecule has 2 aliphatic heterocycles. The van der Waals surface area contributed by atoms with Crippen LogP contribution < -0.4 is 5.73 Å². The Labute approximate surface area is 144 Å². The molecule has 3 N–H and O–H groups in total. The van der Waals surface area contributed by atoms with Crippen LogP contribution in [0.15, 0.2) is 0 Å². The SMILES string of the molecule is CC[C@]1(C(=O)N2C[C@@]3(C(C)(C)C)C[C@H]2CN3C(=O)O)CC[C@@H](N)C1. The summed E-state index contributed by atoms with van der Waals surface area (Å²) in [6.45, 7) is 9.28. The minimum absolute atomic E-state index is 0.00748. The second kappa shape index (κ2) is 5.35. The molecule has 0 radical (unpaired) electrons. The standard InChI is InChI=1S/C18H31N3O3/c1-5-17(7-6-12(19)8-17)14(22)20-11-18(16(2,3)4)9-13(20)10-21(18)15(23)24/h12-13H,5-11,19H2,1-4H3,(H,23,24)/t12-,13+,17+,18-/m1/s1. The normalized spacial score (nSPS) is 38.9. The second-order valence-corrected chi connectivity index (χ2v) is 9.10. The van der Waals surface area contributed by atoms with Gasteiger partial charge in [0.1, 0.15) is 0 Å². The van der Waals surface area contributed by atoms with E-state index in [-0.39, 0.29) is 28.8 Å². The molecule has 2 saturated heterocycles. The molecule has 1 saturated carbocycles. The van der Waals surface area contributed by atoms with Crippen molar-refractivity contribution in [3.05, 3.63) is 0 Å². The van der Waals surface area contributed by atoms with E-state index < -0.39 is 11.6 Å². The van der Waals surface area contributed by atoms with Gasteiger partial charge in [-0.3, -0.25) is 9.69 Å². The number of carbonyl (C=O) groups is 2. The first-order valence-corrected chi connectivity index (χ1v) is 9.13. The van der Waals surface area contributed by atoms with E-state index in [0.29, 0.717) is 13.1 Å². The monoisotopic (exact) mass is 337 g/mol. The quantitative estimate of drug-likeness (QED) is 0.809. The first-order chi connectivity index (χ1) is 11.1. The molecule has 0 aromatic heterocycles. The highest BCUT2D eigenvalue weighted by Crippen LogP contribution is 2.52. The number of hydrogen-bond acceptors (Lipinski definition) is 3. The second-order valence-electron chi connectivity index (χ2n) is 9.10. The van der Waals surface area contributed by atoms with Crippen LogP contribution in [0.2, 0.25) is 0 Å². The molecule has 3 rings (SSSR count). The first kappa shape index (κ1) is 17.5. The summed E-state index contributed by atoms with van der Waals surface area (Å²) in [7, 11) is 0. The third-order valence-electron chi connectivity index (χ3n) is 7.02. The molecule has 2 amide bonds. The number of nitrogens with zero attached hydrogens (tertiary/aromatic N) is 2. The summed E-state index contributed by atoms with van der Waals surface area (Å²) in [6.07, 6.45) is 3.22. The third-order valence-corrected chi connectivity index (χ3v) is 7.02. The molecular weight excluding hydrogens is 306 g/mol. The first-order valence-electron chi connectivity index (χ1n) is 9.13. The summed E-state index contributed by atoms with van der Waals surface area (Å²) in [5.74, 6) is 0.208. The van der Waals surface area contributed by atoms with Gasteiger partial charge in [0.15, 0.2) is 0 Å². The molecular formula is C18H31N3O3. The van der Waals surface area contributed by atoms with Crippen molar-refractivity contribution in [3.8, 4) is 0 Å². The van der Waals surface area contributed by atoms with Crippen LogP contribution >= 0.6 is 0 Å². The summed E-state index contributed by atoms with van der Waals surface area (Å²) in [6, 6.07) is 0.119. The molecule has 1 aliphatic carbocycles. The highest BCUT2D eigenvalue weighted by atomic mass is 16.4. The smallest absolute Gasteiger partial charge is 0.407 e. The molecule has 3 fully saturated rings. The largest absolute Gasteiger partial charge is 0.465 e. The number of carbonyl (C=O) groups excluding carboxylic acids is 1. The van der Waals surface area contributed by atoms with Crippen LogP contribution in [-0.2, 0) is 4.79 Å². The van der Waals surface area contributed by atoms with Gasteiger partial charge in [-0.1, -0.05) is 27.7 Å². The van der Waals surface area contributed by atoms with Crippen molar-refractivity contribution in [3.63, 3.8) is 0 Å². The average molecular weight is 337 g/mol. The van der Waals surface area contributed by atoms with Gasteiger partial charge in [0.25, 0.3) is 0 Å². The Morgan fingerprint density at radius 2 is 1.96 bits per heavy atom. The molecule has 0 unspecified atom stereocenters. The Hall–Kier alpha value is -1.30. The van der Waals surface area contributed by atoms with Gasteiger partial charge >= 0.3 is 6.09 Å². The van der Waals surface area contributed by atoms with E-state index in [0.717, 1.165) is 32.1 Å². The number of fused-ring (bicyclic) bond motifs is 2. The summed E-state index contributed by atoms with van der Waals surface area (Å²) in [5.41, 5.74) is 5.08. The van der Waals surface area contributed by atoms with Crippen molar-refractivity contribution in [1.82, 2.24) is 9.80 Å². The molecule has 3 aliphatic rings. The lowest BCUT2D eigenvalue weighted by atomic mass is 9.72. The Morgan fingerprint density at radius 1 is 1.29 bits per heavy atom. The minimum atomic E-state index is -0.868. The summed E-state index contributed by atoms with van der Waals surface area (Å²) in [5, 5.41) is 9.64. The lowest BCUT2D eigenvalue weighted by molar-refractivity contribution is -0.146. The van der Waals surface area contributed by atoms with Crippen molar-refractivity contribution >= 4 is 12.0 Å². The van der Waals surface area contributed by atoms with Gasteiger partial charge in [-0.2, -0.15) is 0 Å². The average Bonchev–Trinajstić information content (AvgIpc) is 3.17. The number of piperazine rings is 1. The summed E-state index contributed by atoms with van der Waals surface area (Å²) in [4.78, 5) is 28.7. The van der Waals surface area contributed by atoms with E-state index in [9.17, 15) is 14.7 Å². The van der Waals surface area contributed by atoms with Gasteiger partial charge in [0.2, 0.25) is 5.91 Å². The zero-order chi connectivity index (χ0) is 17.9. The maximum Gasteiger partial charge on any atom is 0.407 e. The number of likely N-dealkylation sites (tertiary alicyclic amines) is 2. The molecule has 4 atom stereocenters. The molecule has 2 bridgehead atoms. The highest BCUT2D eigenvalue weighted by Gasteiger charge is 2.64. The maximum atomic E-state index is 13.4. The predicted octanol–water partition coefficient (Wildman–Crippen LogP) is 2.27.